The van der Waals surface area contributed by atoms with Crippen molar-refractivity contribution in [2.45, 2.75) is 88.1 Å². The van der Waals surface area contributed by atoms with Crippen molar-refractivity contribution in [3.05, 3.63) is 57.8 Å². The van der Waals surface area contributed by atoms with Crippen molar-refractivity contribution in [1.29, 1.82) is 5.26 Å². The number of thiophene rings is 1. The van der Waals surface area contributed by atoms with Gasteiger partial charge in [0.15, 0.2) is 0 Å². The molecule has 1 unspecified atom stereocenters. The first kappa shape index (κ1) is 24.9. The van der Waals surface area contributed by atoms with Crippen LogP contribution in [-0.4, -0.2) is 58.4 Å². The highest BCUT2D eigenvalue weighted by molar-refractivity contribution is 7.12. The largest absolute Gasteiger partial charge is 0.352 e. The molecule has 8 heteroatoms. The van der Waals surface area contributed by atoms with Crippen molar-refractivity contribution in [1.82, 2.24) is 15.1 Å². The highest BCUT2D eigenvalue weighted by Crippen LogP contribution is 2.35. The molecule has 0 bridgehead atoms. The molecule has 1 saturated heterocycles. The summed E-state index contributed by atoms with van der Waals surface area (Å²) in [5.41, 5.74) is 7.91. The van der Waals surface area contributed by atoms with Gasteiger partial charge in [0.25, 0.3) is 5.91 Å². The molecule has 2 aliphatic carbocycles. The fourth-order valence-electron chi connectivity index (χ4n) is 5.70. The van der Waals surface area contributed by atoms with E-state index in [0.29, 0.717) is 29.4 Å². The molecular formula is C28H35N5O2S. The van der Waals surface area contributed by atoms with E-state index in [4.69, 9.17) is 11.0 Å². The number of piperidine rings is 1. The Morgan fingerprint density at radius 1 is 1.06 bits per heavy atom. The quantitative estimate of drug-likeness (QED) is 0.598. The number of carbonyl (C=O) groups excluding carboxylic acids is 2. The number of nitrogens with one attached hydrogen (secondary N) is 1. The van der Waals surface area contributed by atoms with Crippen LogP contribution in [0.2, 0.25) is 0 Å². The third kappa shape index (κ3) is 5.80. The Kier molecular flexibility index (Phi) is 7.70. The van der Waals surface area contributed by atoms with Crippen LogP contribution in [0, 0.1) is 11.3 Å². The number of nitrogens with zero attached hydrogens (tertiary/aromatic N) is 3. The van der Waals surface area contributed by atoms with Gasteiger partial charge in [-0.2, -0.15) is 5.26 Å². The van der Waals surface area contributed by atoms with Crippen molar-refractivity contribution in [2.75, 3.05) is 6.54 Å². The minimum absolute atomic E-state index is 0.0285. The van der Waals surface area contributed by atoms with Crippen molar-refractivity contribution in [2.24, 2.45) is 5.73 Å². The Bertz CT molecular complexity index is 1080. The van der Waals surface area contributed by atoms with Crippen molar-refractivity contribution in [3.8, 4) is 6.07 Å². The molecule has 2 heterocycles. The molecule has 2 saturated carbocycles. The zero-order valence-electron chi connectivity index (χ0n) is 20.6. The maximum Gasteiger partial charge on any atom is 0.264 e. The van der Waals surface area contributed by atoms with E-state index in [2.05, 4.69) is 16.3 Å². The molecule has 1 aromatic heterocycles. The number of hydrogen-bond donors (Lipinski definition) is 2. The first-order valence-electron chi connectivity index (χ1n) is 13.2. The summed E-state index contributed by atoms with van der Waals surface area (Å²) in [5.74, 6) is -0.0708. The molecule has 3 aliphatic rings. The molecule has 0 spiro atoms. The van der Waals surface area contributed by atoms with Gasteiger partial charge in [-0.1, -0.05) is 18.2 Å². The number of hydrogen-bond acceptors (Lipinski definition) is 6. The van der Waals surface area contributed by atoms with E-state index in [1.54, 1.807) is 4.90 Å². The molecular weight excluding hydrogens is 470 g/mol. The first-order chi connectivity index (χ1) is 17.5. The van der Waals surface area contributed by atoms with Gasteiger partial charge in [0.1, 0.15) is 6.04 Å². The van der Waals surface area contributed by atoms with E-state index < -0.39 is 6.04 Å². The second-order valence-corrected chi connectivity index (χ2v) is 11.5. The second kappa shape index (κ2) is 11.1. The fourth-order valence-corrected chi connectivity index (χ4v) is 6.38. The zero-order chi connectivity index (χ0) is 25.1. The summed E-state index contributed by atoms with van der Waals surface area (Å²) in [6.45, 7) is 1.38. The highest BCUT2D eigenvalue weighted by Gasteiger charge is 2.42. The molecule has 2 atom stereocenters. The van der Waals surface area contributed by atoms with Crippen LogP contribution in [0.15, 0.2) is 41.8 Å². The van der Waals surface area contributed by atoms with Gasteiger partial charge in [0, 0.05) is 37.3 Å². The summed E-state index contributed by atoms with van der Waals surface area (Å²) in [7, 11) is 0. The Morgan fingerprint density at radius 3 is 2.44 bits per heavy atom. The maximum absolute atomic E-state index is 13.6. The van der Waals surface area contributed by atoms with E-state index in [1.807, 2.05) is 41.8 Å². The monoisotopic (exact) mass is 505 g/mol. The number of rotatable bonds is 7. The highest BCUT2D eigenvalue weighted by atomic mass is 32.1. The lowest BCUT2D eigenvalue weighted by Crippen LogP contribution is -2.58. The van der Waals surface area contributed by atoms with Gasteiger partial charge in [-0.15, -0.1) is 11.3 Å². The van der Waals surface area contributed by atoms with Gasteiger partial charge in [-0.3, -0.25) is 14.5 Å². The summed E-state index contributed by atoms with van der Waals surface area (Å²) in [6.07, 6.45) is 7.48. The molecule has 5 rings (SSSR count). The summed E-state index contributed by atoms with van der Waals surface area (Å²) in [4.78, 5) is 32.0. The van der Waals surface area contributed by atoms with Gasteiger partial charge in [0.05, 0.1) is 16.5 Å². The number of likely N-dealkylation sites (tertiary alicyclic amines) is 1. The second-order valence-electron chi connectivity index (χ2n) is 10.5. The molecule has 1 aromatic carbocycles. The summed E-state index contributed by atoms with van der Waals surface area (Å²) < 4.78 is 0. The van der Waals surface area contributed by atoms with Crippen molar-refractivity contribution in [3.63, 3.8) is 0 Å². The molecule has 190 valence electrons. The van der Waals surface area contributed by atoms with Crippen LogP contribution in [0.25, 0.3) is 0 Å². The van der Waals surface area contributed by atoms with Crippen LogP contribution >= 0.6 is 11.3 Å². The number of benzene rings is 1. The predicted molar refractivity (Wildman–Crippen MR) is 140 cm³/mol. The average molecular weight is 506 g/mol. The smallest absolute Gasteiger partial charge is 0.264 e. The molecule has 0 radical (unpaired) electrons. The van der Waals surface area contributed by atoms with E-state index in [1.165, 1.54) is 29.7 Å². The van der Waals surface area contributed by atoms with Gasteiger partial charge in [-0.25, -0.2) is 0 Å². The van der Waals surface area contributed by atoms with E-state index in [0.717, 1.165) is 38.6 Å². The van der Waals surface area contributed by atoms with Crippen LogP contribution in [0.5, 0.6) is 0 Å². The van der Waals surface area contributed by atoms with Crippen LogP contribution in [-0.2, 0) is 11.3 Å². The number of nitrogens with two attached hydrogens (primary N) is 1. The van der Waals surface area contributed by atoms with E-state index in [9.17, 15) is 9.59 Å². The molecule has 3 fully saturated rings. The van der Waals surface area contributed by atoms with Crippen LogP contribution in [0.3, 0.4) is 0 Å². The SMILES string of the molecule is N#Cc1ccc(CN(C2CC2)C2CCN(C(=O)c3cccs3)[C@@H](C(=O)NC3CCC(N)CC3)C2)cc1. The molecule has 2 amide bonds. The van der Waals surface area contributed by atoms with E-state index in [-0.39, 0.29) is 29.9 Å². The van der Waals surface area contributed by atoms with Crippen LogP contribution in [0.4, 0.5) is 0 Å². The minimum Gasteiger partial charge on any atom is -0.352 e. The zero-order valence-corrected chi connectivity index (χ0v) is 21.5. The fraction of sp³-hybridized carbons (Fsp3) is 0.536. The molecule has 36 heavy (non-hydrogen) atoms. The third-order valence-corrected chi connectivity index (χ3v) is 8.78. The predicted octanol–water partition coefficient (Wildman–Crippen LogP) is 3.64. The Balaban J connectivity index is 1.33. The maximum atomic E-state index is 13.6. The average Bonchev–Trinajstić information content (AvgIpc) is 3.60. The Labute approximate surface area is 217 Å². The topological polar surface area (TPSA) is 102 Å². The molecule has 3 N–H and O–H groups in total. The minimum atomic E-state index is -0.476. The summed E-state index contributed by atoms with van der Waals surface area (Å²) in [5, 5.41) is 14.3. The molecule has 2 aromatic rings. The number of carbonyl (C=O) groups is 2. The standard InChI is InChI=1S/C28H35N5O2S/c29-17-19-3-5-20(6-4-19)18-33(23-11-12-23)24-13-14-32(28(35)26-2-1-15-36-26)25(16-24)27(34)31-22-9-7-21(30)8-10-22/h1-6,15,21-25H,7-14,16,18,30H2,(H,31,34)/t21?,22?,24?,25-/m1/s1. The van der Waals surface area contributed by atoms with Crippen molar-refractivity contribution >= 4 is 23.2 Å². The number of amides is 2. The van der Waals surface area contributed by atoms with E-state index >= 15 is 0 Å². The van der Waals surface area contributed by atoms with Crippen LogP contribution in [0.1, 0.15) is 72.2 Å². The number of nitriles is 1. The molecule has 1 aliphatic heterocycles. The van der Waals surface area contributed by atoms with Gasteiger partial charge >= 0.3 is 0 Å². The summed E-state index contributed by atoms with van der Waals surface area (Å²) in [6, 6.07) is 14.4. The Morgan fingerprint density at radius 2 is 1.81 bits per heavy atom. The third-order valence-electron chi connectivity index (χ3n) is 7.92. The van der Waals surface area contributed by atoms with Gasteiger partial charge in [-0.05, 0) is 80.5 Å². The lowest BCUT2D eigenvalue weighted by atomic mass is 9.90. The van der Waals surface area contributed by atoms with Crippen molar-refractivity contribution < 1.29 is 9.59 Å². The molecule has 7 nitrogen and oxygen atoms in total. The van der Waals surface area contributed by atoms with Gasteiger partial charge < -0.3 is 16.0 Å². The lowest BCUT2D eigenvalue weighted by molar-refractivity contribution is -0.128. The Hall–Kier alpha value is -2.73. The van der Waals surface area contributed by atoms with Gasteiger partial charge in [0.2, 0.25) is 5.91 Å². The van der Waals surface area contributed by atoms with Crippen LogP contribution < -0.4 is 11.1 Å². The lowest BCUT2D eigenvalue weighted by Gasteiger charge is -2.43. The normalized spacial score (nSPS) is 26.4. The summed E-state index contributed by atoms with van der Waals surface area (Å²) >= 11 is 1.43. The first-order valence-corrected chi connectivity index (χ1v) is 14.0.